The maximum atomic E-state index is 12.8. The van der Waals surface area contributed by atoms with Gasteiger partial charge < -0.3 is 34.2 Å². The molecule has 0 aliphatic carbocycles. The molecule has 0 radical (unpaired) electrons. The Morgan fingerprint density at radius 2 is 1.38 bits per heavy atom. The molecule has 2 N–H and O–H groups in total. The van der Waals surface area contributed by atoms with Crippen LogP contribution in [0.2, 0.25) is 0 Å². The third kappa shape index (κ3) is 11.9. The average Bonchev–Trinajstić information content (AvgIpc) is 2.88. The van der Waals surface area contributed by atoms with Gasteiger partial charge in [0, 0.05) is 12.8 Å². The number of nitrogens with two attached hydrogens (primary N) is 1. The van der Waals surface area contributed by atoms with Crippen LogP contribution in [0.5, 0.6) is 11.5 Å². The molecule has 1 rings (SSSR count). The van der Waals surface area contributed by atoms with Crippen LogP contribution in [0.4, 0.5) is 9.59 Å². The molecule has 3 atom stereocenters. The van der Waals surface area contributed by atoms with E-state index in [0.717, 1.165) is 6.42 Å². The minimum Gasteiger partial charge on any atom is -0.468 e. The Hall–Kier alpha value is -3.34. The fourth-order valence-corrected chi connectivity index (χ4v) is 3.86. The first-order chi connectivity index (χ1) is 19.4. The average molecular weight is 596 g/mol. The molecule has 0 aliphatic heterocycles. The Morgan fingerprint density at radius 1 is 0.857 bits per heavy atom. The predicted octanol–water partition coefficient (Wildman–Crippen LogP) is 6.27. The van der Waals surface area contributed by atoms with E-state index < -0.39 is 41.1 Å². The highest BCUT2D eigenvalue weighted by molar-refractivity contribution is 5.81. The molecule has 0 spiro atoms. The van der Waals surface area contributed by atoms with Gasteiger partial charge in [-0.1, -0.05) is 40.2 Å². The molecule has 1 aromatic carbocycles. The molecular formula is C31H49NO10. The summed E-state index contributed by atoms with van der Waals surface area (Å²) in [5.74, 6) is -1.63. The summed E-state index contributed by atoms with van der Waals surface area (Å²) < 4.78 is 32.1. The zero-order valence-electron chi connectivity index (χ0n) is 26.8. The second-order valence-electron chi connectivity index (χ2n) is 11.9. The second-order valence-corrected chi connectivity index (χ2v) is 11.9. The Morgan fingerprint density at radius 3 is 1.86 bits per heavy atom. The number of carbonyl (C=O) groups excluding carboxylic acids is 4. The summed E-state index contributed by atoms with van der Waals surface area (Å²) in [6.45, 7) is 16.0. The van der Waals surface area contributed by atoms with Crippen LogP contribution in [-0.2, 0) is 35.0 Å². The largest absolute Gasteiger partial charge is 0.514 e. The molecule has 0 aliphatic rings. The van der Waals surface area contributed by atoms with Crippen LogP contribution in [0.25, 0.3) is 0 Å². The van der Waals surface area contributed by atoms with Gasteiger partial charge in [-0.3, -0.25) is 9.59 Å². The number of hydrogen-bond acceptors (Lipinski definition) is 11. The zero-order valence-corrected chi connectivity index (χ0v) is 26.8. The first-order valence-electron chi connectivity index (χ1n) is 14.4. The van der Waals surface area contributed by atoms with Crippen molar-refractivity contribution in [2.24, 2.45) is 11.7 Å². The van der Waals surface area contributed by atoms with E-state index >= 15 is 0 Å². The van der Waals surface area contributed by atoms with Crippen molar-refractivity contribution < 1.29 is 47.6 Å². The highest BCUT2D eigenvalue weighted by Crippen LogP contribution is 2.33. The van der Waals surface area contributed by atoms with Crippen molar-refractivity contribution in [3.63, 3.8) is 0 Å². The summed E-state index contributed by atoms with van der Waals surface area (Å²) in [6.07, 6.45) is -0.238. The van der Waals surface area contributed by atoms with Crippen LogP contribution in [0, 0.1) is 5.92 Å². The van der Waals surface area contributed by atoms with E-state index in [1.807, 2.05) is 20.8 Å². The molecule has 0 heterocycles. The molecule has 11 nitrogen and oxygen atoms in total. The van der Waals surface area contributed by atoms with Crippen molar-refractivity contribution in [3.8, 4) is 11.5 Å². The molecule has 0 bridgehead atoms. The first kappa shape index (κ1) is 36.7. The minimum absolute atomic E-state index is 0.0378. The number of methoxy groups -OCH3 is 1. The van der Waals surface area contributed by atoms with Crippen molar-refractivity contribution in [1.29, 1.82) is 0 Å². The van der Waals surface area contributed by atoms with Crippen LogP contribution in [0.1, 0.15) is 100.0 Å². The van der Waals surface area contributed by atoms with E-state index in [2.05, 4.69) is 0 Å². The van der Waals surface area contributed by atoms with Gasteiger partial charge in [0.1, 0.15) is 22.8 Å². The maximum Gasteiger partial charge on any atom is 0.514 e. The fraction of sp³-hybridized carbons (Fsp3) is 0.677. The van der Waals surface area contributed by atoms with Crippen LogP contribution in [0.3, 0.4) is 0 Å². The zero-order chi connectivity index (χ0) is 32.3. The van der Waals surface area contributed by atoms with E-state index in [1.165, 1.54) is 19.2 Å². The lowest BCUT2D eigenvalue weighted by molar-refractivity contribution is -0.157. The number of rotatable bonds is 15. The van der Waals surface area contributed by atoms with Gasteiger partial charge in [0.25, 0.3) is 0 Å². The minimum atomic E-state index is -1.60. The molecule has 0 saturated carbocycles. The monoisotopic (exact) mass is 595 g/mol. The van der Waals surface area contributed by atoms with Crippen molar-refractivity contribution in [2.75, 3.05) is 7.11 Å². The van der Waals surface area contributed by atoms with Gasteiger partial charge in [0.15, 0.2) is 11.5 Å². The summed E-state index contributed by atoms with van der Waals surface area (Å²) in [6, 6.07) is 4.38. The first-order valence-corrected chi connectivity index (χ1v) is 14.4. The molecule has 42 heavy (non-hydrogen) atoms. The van der Waals surface area contributed by atoms with Crippen LogP contribution < -0.4 is 15.2 Å². The van der Waals surface area contributed by atoms with Crippen molar-refractivity contribution in [1.82, 2.24) is 0 Å². The van der Waals surface area contributed by atoms with Crippen molar-refractivity contribution in [2.45, 2.75) is 124 Å². The topological polar surface area (TPSA) is 150 Å². The molecule has 0 fully saturated rings. The van der Waals surface area contributed by atoms with Gasteiger partial charge in [-0.25, -0.2) is 9.59 Å². The molecule has 0 saturated heterocycles. The predicted molar refractivity (Wildman–Crippen MR) is 156 cm³/mol. The second kappa shape index (κ2) is 15.8. The van der Waals surface area contributed by atoms with Gasteiger partial charge in [0.05, 0.1) is 13.0 Å². The molecule has 0 amide bonds. The van der Waals surface area contributed by atoms with Crippen molar-refractivity contribution in [3.05, 3.63) is 23.8 Å². The van der Waals surface area contributed by atoms with Gasteiger partial charge in [-0.05, 0) is 71.6 Å². The summed E-state index contributed by atoms with van der Waals surface area (Å²) in [4.78, 5) is 50.4. The van der Waals surface area contributed by atoms with E-state index in [9.17, 15) is 19.2 Å². The van der Waals surface area contributed by atoms with E-state index in [4.69, 9.17) is 34.2 Å². The Balaban J connectivity index is 3.34. The molecule has 11 heteroatoms. The van der Waals surface area contributed by atoms with Crippen LogP contribution in [0.15, 0.2) is 18.2 Å². The van der Waals surface area contributed by atoms with E-state index in [1.54, 1.807) is 47.6 Å². The number of hydrogen-bond donors (Lipinski definition) is 1. The molecule has 1 aromatic rings. The van der Waals surface area contributed by atoms with Gasteiger partial charge in [-0.2, -0.15) is 0 Å². The molecular weight excluding hydrogens is 546 g/mol. The van der Waals surface area contributed by atoms with E-state index in [-0.39, 0.29) is 36.2 Å². The fourth-order valence-electron chi connectivity index (χ4n) is 3.86. The van der Waals surface area contributed by atoms with Crippen molar-refractivity contribution >= 4 is 24.2 Å². The standard InChI is InChI=1S/C31H49NO10/c1-11-14-20(4)25(33)38-21(5)18-31(32,26(34)37-10)19-22-15-16-23(39-27(35)41-29(6,7)12-2)24(17-22)40-28(36)42-30(8,9)13-3/h15-17,20-21H,11-14,18-19,32H2,1-10H3/t20?,21?,31-/m1/s1. The summed E-state index contributed by atoms with van der Waals surface area (Å²) >= 11 is 0. The van der Waals surface area contributed by atoms with Crippen LogP contribution in [-0.4, -0.2) is 54.2 Å². The lowest BCUT2D eigenvalue weighted by Gasteiger charge is -2.30. The Bertz CT molecular complexity index is 1080. The number of ether oxygens (including phenoxy) is 6. The molecule has 2 unspecified atom stereocenters. The summed E-state index contributed by atoms with van der Waals surface area (Å²) in [5, 5.41) is 0. The lowest BCUT2D eigenvalue weighted by atomic mass is 9.86. The summed E-state index contributed by atoms with van der Waals surface area (Å²) in [5.41, 5.74) is 3.81. The quantitative estimate of drug-likeness (QED) is 0.139. The third-order valence-electron chi connectivity index (χ3n) is 7.02. The number of benzene rings is 1. The van der Waals surface area contributed by atoms with Crippen LogP contribution >= 0.6 is 0 Å². The van der Waals surface area contributed by atoms with Gasteiger partial charge in [0.2, 0.25) is 0 Å². The molecule has 238 valence electrons. The lowest BCUT2D eigenvalue weighted by Crippen LogP contribution is -2.53. The SMILES string of the molecule is CCCC(C)C(=O)OC(C)C[C@@](N)(Cc1ccc(OC(=O)OC(C)(C)CC)c(OC(=O)OC(C)(C)CC)c1)C(=O)OC. The van der Waals surface area contributed by atoms with Gasteiger partial charge in [-0.15, -0.1) is 0 Å². The molecule has 0 aromatic heterocycles. The maximum absolute atomic E-state index is 12.8. The van der Waals surface area contributed by atoms with Gasteiger partial charge >= 0.3 is 24.2 Å². The van der Waals surface area contributed by atoms with E-state index in [0.29, 0.717) is 24.8 Å². The number of carbonyl (C=O) groups is 4. The highest BCUT2D eigenvalue weighted by atomic mass is 16.8. The normalized spacial score (nSPS) is 14.5. The Labute approximate surface area is 249 Å². The Kier molecular flexibility index (Phi) is 13.8. The highest BCUT2D eigenvalue weighted by Gasteiger charge is 2.39. The number of esters is 2. The third-order valence-corrected chi connectivity index (χ3v) is 7.02. The smallest absolute Gasteiger partial charge is 0.468 e. The summed E-state index contributed by atoms with van der Waals surface area (Å²) in [7, 11) is 1.21.